The summed E-state index contributed by atoms with van der Waals surface area (Å²) in [6, 6.07) is 8.49. The van der Waals surface area contributed by atoms with Crippen molar-refractivity contribution in [3.63, 3.8) is 0 Å². The molecule has 0 unspecified atom stereocenters. The summed E-state index contributed by atoms with van der Waals surface area (Å²) in [6.07, 6.45) is 15.8. The highest BCUT2D eigenvalue weighted by Gasteiger charge is 2.63. The Bertz CT molecular complexity index is 1180. The number of aliphatic hydroxyl groups is 1. The fourth-order valence-corrected chi connectivity index (χ4v) is 9.56. The van der Waals surface area contributed by atoms with E-state index >= 15 is 0 Å². The number of aryl methyl sites for hydroxylation is 1. The van der Waals surface area contributed by atoms with Crippen LogP contribution >= 0.6 is 27.3 Å². The molecule has 6 atom stereocenters. The van der Waals surface area contributed by atoms with Crippen LogP contribution in [0.2, 0.25) is 0 Å². The van der Waals surface area contributed by atoms with Gasteiger partial charge in [-0.15, -0.1) is 17.8 Å². The summed E-state index contributed by atoms with van der Waals surface area (Å²) in [5, 5.41) is 12.4. The topological polar surface area (TPSA) is 33.1 Å². The lowest BCUT2D eigenvalue weighted by Gasteiger charge is -2.57. The number of nitrogens with zero attached hydrogens (tertiary/aromatic N) is 1. The van der Waals surface area contributed by atoms with E-state index in [2.05, 4.69) is 66.0 Å². The molecular weight excluding hydrogens is 478 g/mol. The Kier molecular flexibility index (Phi) is 4.66. The monoisotopic (exact) mass is 507 g/mol. The van der Waals surface area contributed by atoms with Crippen molar-refractivity contribution in [3.8, 4) is 22.9 Å². The highest BCUT2D eigenvalue weighted by Crippen LogP contribution is 2.68. The number of benzene rings is 1. The highest BCUT2D eigenvalue weighted by atomic mass is 79.9. The molecule has 2 saturated carbocycles. The molecule has 0 radical (unpaired) electrons. The SMILES string of the molecule is C#C[C@]1(O)CC[C@H]2[C@@H]3CC=C4c5sc(-c6cccc(Br)c6)nc5CC[C@]4(C)[C@H]3CC[C@@]21C. The smallest absolute Gasteiger partial charge is 0.130 e. The summed E-state index contributed by atoms with van der Waals surface area (Å²) < 4.78 is 1.10. The van der Waals surface area contributed by atoms with Crippen LogP contribution in [-0.2, 0) is 6.42 Å². The molecule has 0 bridgehead atoms. The van der Waals surface area contributed by atoms with Crippen LogP contribution in [0.4, 0.5) is 0 Å². The number of hydrogen-bond acceptors (Lipinski definition) is 3. The second-order valence-electron chi connectivity index (χ2n) is 11.0. The highest BCUT2D eigenvalue weighted by molar-refractivity contribution is 9.10. The van der Waals surface area contributed by atoms with Gasteiger partial charge in [0, 0.05) is 15.5 Å². The molecule has 2 nitrogen and oxygen atoms in total. The Labute approximate surface area is 203 Å². The number of rotatable bonds is 1. The van der Waals surface area contributed by atoms with E-state index in [-0.39, 0.29) is 10.8 Å². The number of fused-ring (bicyclic) bond motifs is 7. The van der Waals surface area contributed by atoms with Crippen molar-refractivity contribution < 1.29 is 5.11 Å². The van der Waals surface area contributed by atoms with Crippen molar-refractivity contribution in [2.45, 2.75) is 64.4 Å². The molecule has 1 N–H and O–H groups in total. The van der Waals surface area contributed by atoms with Crippen LogP contribution in [0, 0.1) is 40.9 Å². The molecule has 0 spiro atoms. The molecule has 32 heavy (non-hydrogen) atoms. The van der Waals surface area contributed by atoms with Gasteiger partial charge in [-0.1, -0.05) is 53.9 Å². The molecule has 4 heteroatoms. The van der Waals surface area contributed by atoms with Gasteiger partial charge < -0.3 is 5.11 Å². The van der Waals surface area contributed by atoms with E-state index in [0.717, 1.165) is 41.6 Å². The summed E-state index contributed by atoms with van der Waals surface area (Å²) in [5.41, 5.74) is 3.17. The molecule has 4 aliphatic rings. The number of aromatic nitrogens is 1. The van der Waals surface area contributed by atoms with Gasteiger partial charge in [-0.05, 0) is 85.8 Å². The number of halogens is 1. The Balaban J connectivity index is 1.38. The second-order valence-corrected chi connectivity index (χ2v) is 12.9. The van der Waals surface area contributed by atoms with Crippen LogP contribution < -0.4 is 0 Å². The minimum Gasteiger partial charge on any atom is -0.377 e. The van der Waals surface area contributed by atoms with Crippen molar-refractivity contribution in [1.82, 2.24) is 4.98 Å². The maximum Gasteiger partial charge on any atom is 0.130 e. The summed E-state index contributed by atoms with van der Waals surface area (Å²) in [7, 11) is 0. The molecule has 1 heterocycles. The lowest BCUT2D eigenvalue weighted by atomic mass is 9.47. The first-order valence-corrected chi connectivity index (χ1v) is 13.6. The van der Waals surface area contributed by atoms with Crippen molar-refractivity contribution >= 4 is 32.8 Å². The average Bonchev–Trinajstić information content (AvgIpc) is 3.33. The van der Waals surface area contributed by atoms with Gasteiger partial charge in [-0.25, -0.2) is 4.98 Å². The maximum absolute atomic E-state index is 11.2. The third kappa shape index (κ3) is 2.71. The van der Waals surface area contributed by atoms with Gasteiger partial charge >= 0.3 is 0 Å². The molecule has 4 aliphatic carbocycles. The number of hydrogen-bond donors (Lipinski definition) is 1. The third-order valence-corrected chi connectivity index (χ3v) is 11.4. The fourth-order valence-electron chi connectivity index (χ4n) is 7.87. The predicted molar refractivity (Wildman–Crippen MR) is 135 cm³/mol. The van der Waals surface area contributed by atoms with E-state index in [9.17, 15) is 5.11 Å². The van der Waals surface area contributed by atoms with Gasteiger partial charge in [-0.3, -0.25) is 0 Å². The molecule has 1 aromatic heterocycles. The number of allylic oxidation sites excluding steroid dienone is 2. The van der Waals surface area contributed by atoms with Crippen LogP contribution in [0.3, 0.4) is 0 Å². The van der Waals surface area contributed by atoms with Crippen molar-refractivity contribution in [1.29, 1.82) is 0 Å². The lowest BCUT2D eigenvalue weighted by molar-refractivity contribution is -0.0886. The van der Waals surface area contributed by atoms with Gasteiger partial charge in [0.25, 0.3) is 0 Å². The standard InChI is InChI=1S/C28H30BrNOS/c1-4-28(31)15-11-21-19-8-9-22-24-23(30-25(32-24)17-6-5-7-18(29)16-17)12-13-26(22,2)20(19)10-14-27(21,28)3/h1,5-7,9,16,19-21,31H,8,10-15H2,2-3H3/t19-,20+,21+,26-,27+,28+/m1/s1. The van der Waals surface area contributed by atoms with Crippen molar-refractivity contribution in [2.24, 2.45) is 28.6 Å². The molecular formula is C28H30BrNOS. The van der Waals surface area contributed by atoms with Crippen LogP contribution in [0.1, 0.15) is 62.9 Å². The van der Waals surface area contributed by atoms with Crippen molar-refractivity contribution in [2.75, 3.05) is 0 Å². The van der Waals surface area contributed by atoms with Gasteiger partial charge in [-0.2, -0.15) is 0 Å². The van der Waals surface area contributed by atoms with Crippen LogP contribution in [0.5, 0.6) is 0 Å². The molecule has 0 amide bonds. The van der Waals surface area contributed by atoms with Crippen molar-refractivity contribution in [3.05, 3.63) is 45.4 Å². The summed E-state index contributed by atoms with van der Waals surface area (Å²) in [5.74, 6) is 4.63. The first-order chi connectivity index (χ1) is 15.3. The quantitative estimate of drug-likeness (QED) is 0.416. The summed E-state index contributed by atoms with van der Waals surface area (Å²) in [6.45, 7) is 4.79. The van der Waals surface area contributed by atoms with Crippen LogP contribution in [0.15, 0.2) is 34.8 Å². The van der Waals surface area contributed by atoms with Gasteiger partial charge in [0.15, 0.2) is 0 Å². The first-order valence-electron chi connectivity index (χ1n) is 12.0. The normalized spacial score (nSPS) is 39.8. The Hall–Kier alpha value is -1.41. The molecule has 166 valence electrons. The summed E-state index contributed by atoms with van der Waals surface area (Å²) >= 11 is 5.48. The molecule has 0 aliphatic heterocycles. The van der Waals surface area contributed by atoms with E-state index in [4.69, 9.17) is 11.4 Å². The maximum atomic E-state index is 11.2. The minimum atomic E-state index is -0.927. The Morgan fingerprint density at radius 3 is 2.78 bits per heavy atom. The lowest BCUT2D eigenvalue weighted by Crippen LogP contribution is -2.53. The summed E-state index contributed by atoms with van der Waals surface area (Å²) in [4.78, 5) is 6.51. The zero-order chi connectivity index (χ0) is 22.3. The van der Waals surface area contributed by atoms with E-state index in [0.29, 0.717) is 17.8 Å². The molecule has 0 saturated heterocycles. The van der Waals surface area contributed by atoms with Gasteiger partial charge in [0.1, 0.15) is 10.6 Å². The predicted octanol–water partition coefficient (Wildman–Crippen LogP) is 7.12. The van der Waals surface area contributed by atoms with Gasteiger partial charge in [0.05, 0.1) is 10.6 Å². The molecule has 2 fully saturated rings. The fraction of sp³-hybridized carbons (Fsp3) is 0.536. The zero-order valence-corrected chi connectivity index (χ0v) is 21.2. The van der Waals surface area contributed by atoms with E-state index in [1.165, 1.54) is 29.0 Å². The zero-order valence-electron chi connectivity index (χ0n) is 18.8. The second kappa shape index (κ2) is 7.05. The molecule has 6 rings (SSSR count). The number of thiazole rings is 1. The largest absolute Gasteiger partial charge is 0.377 e. The van der Waals surface area contributed by atoms with Crippen LogP contribution in [-0.4, -0.2) is 15.7 Å². The van der Waals surface area contributed by atoms with E-state index in [1.807, 2.05) is 11.3 Å². The molecule has 1 aromatic carbocycles. The Morgan fingerprint density at radius 1 is 1.19 bits per heavy atom. The third-order valence-electron chi connectivity index (χ3n) is 9.75. The Morgan fingerprint density at radius 2 is 2.00 bits per heavy atom. The van der Waals surface area contributed by atoms with E-state index < -0.39 is 5.60 Å². The minimum absolute atomic E-state index is 0.136. The van der Waals surface area contributed by atoms with E-state index in [1.54, 1.807) is 5.57 Å². The van der Waals surface area contributed by atoms with Crippen LogP contribution in [0.25, 0.3) is 16.1 Å². The average molecular weight is 509 g/mol. The van der Waals surface area contributed by atoms with Gasteiger partial charge in [0.2, 0.25) is 0 Å². The first kappa shape index (κ1) is 21.1. The number of terminal acetylenes is 1. The molecule has 2 aromatic rings.